The number of rotatable bonds is 4. The molecule has 2 amide bonds. The normalized spacial score (nSPS) is 15.2. The minimum absolute atomic E-state index is 0.105. The van der Waals surface area contributed by atoms with E-state index in [0.717, 1.165) is 5.56 Å². The second-order valence-electron chi connectivity index (χ2n) is 6.88. The largest absolute Gasteiger partial charge is 0.454 e. The first-order chi connectivity index (χ1) is 14.5. The fraction of sp³-hybridized carbons (Fsp3) is 0.400. The first-order valence-corrected chi connectivity index (χ1v) is 9.71. The van der Waals surface area contributed by atoms with E-state index in [1.807, 2.05) is 0 Å². The van der Waals surface area contributed by atoms with Crippen LogP contribution in [-0.4, -0.2) is 70.9 Å². The zero-order valence-electron chi connectivity index (χ0n) is 16.6. The van der Waals surface area contributed by atoms with E-state index in [1.165, 1.54) is 17.0 Å². The van der Waals surface area contributed by atoms with Crippen molar-refractivity contribution in [3.8, 4) is 22.8 Å². The molecular formula is C20H22N4O6. The number of piperazine rings is 1. The predicted octanol–water partition coefficient (Wildman–Crippen LogP) is 0.940. The van der Waals surface area contributed by atoms with Crippen LogP contribution in [-0.2, 0) is 16.1 Å². The van der Waals surface area contributed by atoms with E-state index >= 15 is 0 Å². The molecular weight excluding hydrogens is 392 g/mol. The molecule has 1 fully saturated rings. The molecule has 0 aliphatic carbocycles. The van der Waals surface area contributed by atoms with Crippen LogP contribution in [0.25, 0.3) is 11.3 Å². The van der Waals surface area contributed by atoms with E-state index in [2.05, 4.69) is 4.98 Å². The minimum atomic E-state index is -0.371. The van der Waals surface area contributed by atoms with Crippen molar-refractivity contribution in [2.75, 3.05) is 39.6 Å². The summed E-state index contributed by atoms with van der Waals surface area (Å²) in [6, 6.07) is 6.73. The van der Waals surface area contributed by atoms with Gasteiger partial charge in [0.15, 0.2) is 11.5 Å². The second kappa shape index (κ2) is 8.44. The van der Waals surface area contributed by atoms with Gasteiger partial charge in [0.05, 0.1) is 18.6 Å². The van der Waals surface area contributed by atoms with Crippen LogP contribution in [0.4, 0.5) is 4.79 Å². The van der Waals surface area contributed by atoms with Gasteiger partial charge in [0.2, 0.25) is 12.7 Å². The van der Waals surface area contributed by atoms with Crippen molar-refractivity contribution in [3.63, 3.8) is 0 Å². The molecule has 0 radical (unpaired) electrons. The Kier molecular flexibility index (Phi) is 5.55. The van der Waals surface area contributed by atoms with Crippen LogP contribution in [0.15, 0.2) is 35.4 Å². The Morgan fingerprint density at radius 2 is 1.80 bits per heavy atom. The van der Waals surface area contributed by atoms with Crippen molar-refractivity contribution in [2.24, 2.45) is 0 Å². The molecule has 1 saturated heterocycles. The second-order valence-corrected chi connectivity index (χ2v) is 6.88. The van der Waals surface area contributed by atoms with E-state index in [1.54, 1.807) is 34.9 Å². The summed E-state index contributed by atoms with van der Waals surface area (Å²) >= 11 is 0. The third kappa shape index (κ3) is 4.07. The lowest BCUT2D eigenvalue weighted by molar-refractivity contribution is -0.133. The van der Waals surface area contributed by atoms with E-state index < -0.39 is 0 Å². The smallest absolute Gasteiger partial charge is 0.409 e. The van der Waals surface area contributed by atoms with Crippen LogP contribution in [0.3, 0.4) is 0 Å². The Labute approximate surface area is 172 Å². The van der Waals surface area contributed by atoms with E-state index in [4.69, 9.17) is 14.2 Å². The van der Waals surface area contributed by atoms with Crippen LogP contribution in [0.5, 0.6) is 11.5 Å². The van der Waals surface area contributed by atoms with Crippen LogP contribution < -0.4 is 15.0 Å². The van der Waals surface area contributed by atoms with Gasteiger partial charge < -0.3 is 24.0 Å². The highest BCUT2D eigenvalue weighted by atomic mass is 16.7. The van der Waals surface area contributed by atoms with Crippen molar-refractivity contribution in [2.45, 2.75) is 13.5 Å². The summed E-state index contributed by atoms with van der Waals surface area (Å²) < 4.78 is 16.9. The predicted molar refractivity (Wildman–Crippen MR) is 105 cm³/mol. The van der Waals surface area contributed by atoms with E-state index in [0.29, 0.717) is 50.0 Å². The van der Waals surface area contributed by atoms with Gasteiger partial charge in [-0.3, -0.25) is 14.2 Å². The summed E-state index contributed by atoms with van der Waals surface area (Å²) in [6.45, 7) is 3.74. The molecule has 10 heteroatoms. The van der Waals surface area contributed by atoms with Crippen LogP contribution in [0.2, 0.25) is 0 Å². The van der Waals surface area contributed by atoms with Gasteiger partial charge in [-0.25, -0.2) is 9.78 Å². The lowest BCUT2D eigenvalue weighted by atomic mass is 10.1. The van der Waals surface area contributed by atoms with Gasteiger partial charge in [0.25, 0.3) is 5.56 Å². The van der Waals surface area contributed by atoms with Gasteiger partial charge in [-0.2, -0.15) is 0 Å². The topological polar surface area (TPSA) is 103 Å². The van der Waals surface area contributed by atoms with Gasteiger partial charge >= 0.3 is 6.09 Å². The number of nitrogens with zero attached hydrogens (tertiary/aromatic N) is 4. The van der Waals surface area contributed by atoms with Crippen LogP contribution in [0.1, 0.15) is 6.92 Å². The molecule has 0 atom stereocenters. The van der Waals surface area contributed by atoms with Gasteiger partial charge in [-0.1, -0.05) is 0 Å². The Morgan fingerprint density at radius 1 is 1.07 bits per heavy atom. The maximum atomic E-state index is 12.6. The highest BCUT2D eigenvalue weighted by Gasteiger charge is 2.25. The summed E-state index contributed by atoms with van der Waals surface area (Å²) in [5.41, 5.74) is 0.895. The molecule has 3 heterocycles. The molecule has 10 nitrogen and oxygen atoms in total. The lowest BCUT2D eigenvalue weighted by Crippen LogP contribution is -2.51. The van der Waals surface area contributed by atoms with Crippen molar-refractivity contribution in [3.05, 3.63) is 40.9 Å². The van der Waals surface area contributed by atoms with E-state index in [9.17, 15) is 14.4 Å². The number of ether oxygens (including phenoxy) is 3. The summed E-state index contributed by atoms with van der Waals surface area (Å²) in [5, 5.41) is 0. The van der Waals surface area contributed by atoms with E-state index in [-0.39, 0.29) is 30.9 Å². The zero-order chi connectivity index (χ0) is 21.1. The molecule has 0 unspecified atom stereocenters. The van der Waals surface area contributed by atoms with Gasteiger partial charge in [-0.15, -0.1) is 0 Å². The molecule has 2 aliphatic heterocycles. The number of hydrogen-bond acceptors (Lipinski definition) is 7. The summed E-state index contributed by atoms with van der Waals surface area (Å²) in [6.07, 6.45) is 0.999. The third-order valence-electron chi connectivity index (χ3n) is 5.01. The molecule has 1 aromatic heterocycles. The van der Waals surface area contributed by atoms with Crippen LogP contribution >= 0.6 is 0 Å². The van der Waals surface area contributed by atoms with Gasteiger partial charge in [0.1, 0.15) is 6.54 Å². The minimum Gasteiger partial charge on any atom is -0.454 e. The van der Waals surface area contributed by atoms with Crippen molar-refractivity contribution in [1.29, 1.82) is 0 Å². The summed E-state index contributed by atoms with van der Waals surface area (Å²) in [4.78, 5) is 44.4. The molecule has 0 N–H and O–H groups in total. The summed E-state index contributed by atoms with van der Waals surface area (Å²) in [7, 11) is 0. The number of fused-ring (bicyclic) bond motifs is 1. The Balaban J connectivity index is 1.39. The summed E-state index contributed by atoms with van der Waals surface area (Å²) in [5.74, 6) is 1.06. The molecule has 2 aromatic rings. The first kappa shape index (κ1) is 19.7. The maximum absolute atomic E-state index is 12.6. The lowest BCUT2D eigenvalue weighted by Gasteiger charge is -2.34. The SMILES string of the molecule is CCOC(=O)N1CCN(C(=O)Cn2cnc(-c3ccc4c(c3)OCO4)cc2=O)CC1. The number of carbonyl (C=O) groups excluding carboxylic acids is 2. The number of amides is 2. The number of aromatic nitrogens is 2. The van der Waals surface area contributed by atoms with Crippen molar-refractivity contribution in [1.82, 2.24) is 19.4 Å². The number of hydrogen-bond donors (Lipinski definition) is 0. The number of benzene rings is 1. The van der Waals surface area contributed by atoms with Crippen molar-refractivity contribution >= 4 is 12.0 Å². The maximum Gasteiger partial charge on any atom is 0.409 e. The Morgan fingerprint density at radius 3 is 2.53 bits per heavy atom. The fourth-order valence-electron chi connectivity index (χ4n) is 3.36. The quantitative estimate of drug-likeness (QED) is 0.733. The molecule has 0 spiro atoms. The molecule has 0 saturated carbocycles. The van der Waals surface area contributed by atoms with Gasteiger partial charge in [-0.05, 0) is 25.1 Å². The first-order valence-electron chi connectivity index (χ1n) is 9.71. The molecule has 1 aromatic carbocycles. The van der Waals surface area contributed by atoms with Gasteiger partial charge in [0, 0.05) is 37.8 Å². The highest BCUT2D eigenvalue weighted by Crippen LogP contribution is 2.35. The molecule has 2 aliphatic rings. The van der Waals surface area contributed by atoms with Crippen LogP contribution in [0, 0.1) is 0 Å². The molecule has 30 heavy (non-hydrogen) atoms. The fourth-order valence-corrected chi connectivity index (χ4v) is 3.36. The highest BCUT2D eigenvalue weighted by molar-refractivity contribution is 5.76. The third-order valence-corrected chi connectivity index (χ3v) is 5.01. The molecule has 0 bridgehead atoms. The average Bonchev–Trinajstić information content (AvgIpc) is 3.23. The average molecular weight is 414 g/mol. The Hall–Kier alpha value is -3.56. The standard InChI is InChI=1S/C20H22N4O6/c1-2-28-20(27)23-7-5-22(6-8-23)19(26)11-24-12-21-15(10-18(24)25)14-3-4-16-17(9-14)30-13-29-16/h3-4,9-10,12H,2,5-8,11,13H2,1H3. The number of carbonyl (C=O) groups is 2. The monoisotopic (exact) mass is 414 g/mol. The molecule has 158 valence electrons. The zero-order valence-corrected chi connectivity index (χ0v) is 16.6. The Bertz CT molecular complexity index is 1010. The van der Waals surface area contributed by atoms with Crippen molar-refractivity contribution < 1.29 is 23.8 Å². The molecule has 4 rings (SSSR count).